The quantitative estimate of drug-likeness (QED) is 0.306. The molecule has 0 unspecified atom stereocenters. The summed E-state index contributed by atoms with van der Waals surface area (Å²) in [5, 5.41) is 0. The molecule has 2 amide bonds. The van der Waals surface area contributed by atoms with Crippen LogP contribution in [-0.2, 0) is 29.1 Å². The van der Waals surface area contributed by atoms with Crippen LogP contribution in [-0.4, -0.2) is 40.2 Å². The SMILES string of the molecule is CC1=CC(=O)N(CCC(C)(OOC(C)(C)C)OOC(C)(C)C)C1=O. The van der Waals surface area contributed by atoms with Crippen molar-refractivity contribution in [1.29, 1.82) is 0 Å². The van der Waals surface area contributed by atoms with Crippen LogP contribution in [0.4, 0.5) is 0 Å². The molecule has 138 valence electrons. The summed E-state index contributed by atoms with van der Waals surface area (Å²) in [6.45, 7) is 14.4. The first-order chi connectivity index (χ1) is 10.7. The summed E-state index contributed by atoms with van der Waals surface area (Å²) < 4.78 is 0. The average Bonchev–Trinajstić information content (AvgIpc) is 2.65. The van der Waals surface area contributed by atoms with Crippen molar-refractivity contribution in [1.82, 2.24) is 4.90 Å². The van der Waals surface area contributed by atoms with Gasteiger partial charge < -0.3 is 0 Å². The number of nitrogens with zero attached hydrogens (tertiary/aromatic N) is 1. The molecule has 0 atom stereocenters. The molecule has 0 bridgehead atoms. The van der Waals surface area contributed by atoms with Gasteiger partial charge in [-0.2, -0.15) is 9.78 Å². The molecule has 0 saturated heterocycles. The topological polar surface area (TPSA) is 74.3 Å². The van der Waals surface area contributed by atoms with Gasteiger partial charge in [-0.05, 0) is 55.4 Å². The molecule has 0 radical (unpaired) electrons. The van der Waals surface area contributed by atoms with Crippen LogP contribution in [0.1, 0.15) is 61.8 Å². The Labute approximate surface area is 143 Å². The molecule has 1 rings (SSSR count). The van der Waals surface area contributed by atoms with E-state index in [1.54, 1.807) is 13.8 Å². The van der Waals surface area contributed by atoms with Crippen molar-refractivity contribution in [2.75, 3.05) is 6.54 Å². The molecule has 0 aromatic heterocycles. The number of imide groups is 1. The van der Waals surface area contributed by atoms with Crippen molar-refractivity contribution in [3.05, 3.63) is 11.6 Å². The molecule has 0 fully saturated rings. The van der Waals surface area contributed by atoms with Crippen molar-refractivity contribution in [2.45, 2.75) is 78.8 Å². The monoisotopic (exact) mass is 343 g/mol. The van der Waals surface area contributed by atoms with E-state index >= 15 is 0 Å². The first-order valence-corrected chi connectivity index (χ1v) is 8.00. The van der Waals surface area contributed by atoms with Gasteiger partial charge in [0, 0.05) is 24.6 Å². The molecule has 1 aliphatic rings. The third-order valence-electron chi connectivity index (χ3n) is 2.91. The van der Waals surface area contributed by atoms with Gasteiger partial charge in [-0.15, -0.1) is 0 Å². The number of hydrogen-bond acceptors (Lipinski definition) is 6. The summed E-state index contributed by atoms with van der Waals surface area (Å²) in [5.41, 5.74) is -0.687. The summed E-state index contributed by atoms with van der Waals surface area (Å²) in [6, 6.07) is 0. The van der Waals surface area contributed by atoms with Gasteiger partial charge in [0.05, 0.1) is 11.2 Å². The van der Waals surface area contributed by atoms with Gasteiger partial charge in [-0.3, -0.25) is 14.5 Å². The maximum atomic E-state index is 12.0. The number of hydrogen-bond donors (Lipinski definition) is 0. The molecule has 7 nitrogen and oxygen atoms in total. The predicted molar refractivity (Wildman–Crippen MR) is 87.3 cm³/mol. The lowest BCUT2D eigenvalue weighted by molar-refractivity contribution is -0.537. The molecular weight excluding hydrogens is 314 g/mol. The second kappa shape index (κ2) is 7.31. The second-order valence-electron chi connectivity index (χ2n) is 8.06. The molecule has 0 aromatic rings. The van der Waals surface area contributed by atoms with E-state index in [4.69, 9.17) is 19.6 Å². The maximum absolute atomic E-state index is 12.0. The van der Waals surface area contributed by atoms with Gasteiger partial charge >= 0.3 is 0 Å². The lowest BCUT2D eigenvalue weighted by atomic mass is 10.2. The smallest absolute Gasteiger partial charge is 0.256 e. The lowest BCUT2D eigenvalue weighted by Crippen LogP contribution is -2.42. The second-order valence-corrected chi connectivity index (χ2v) is 8.06. The van der Waals surface area contributed by atoms with E-state index in [2.05, 4.69) is 0 Å². The standard InChI is InChI=1S/C17H29NO6/c1-12-11-13(19)18(14(12)20)10-9-17(8,23-21-15(2,3)4)24-22-16(5,6)7/h11H,9-10H2,1-8H3. The Hall–Kier alpha value is -1.28. The van der Waals surface area contributed by atoms with Crippen molar-refractivity contribution < 1.29 is 29.1 Å². The Bertz CT molecular complexity index is 494. The molecule has 1 heterocycles. The van der Waals surface area contributed by atoms with Gasteiger partial charge in [0.15, 0.2) is 0 Å². The minimum absolute atomic E-state index is 0.128. The summed E-state index contributed by atoms with van der Waals surface area (Å²) in [7, 11) is 0. The average molecular weight is 343 g/mol. The van der Waals surface area contributed by atoms with Gasteiger partial charge in [0.2, 0.25) is 5.79 Å². The maximum Gasteiger partial charge on any atom is 0.256 e. The molecular formula is C17H29NO6. The Morgan fingerprint density at radius 3 is 1.67 bits per heavy atom. The fourth-order valence-corrected chi connectivity index (χ4v) is 1.69. The van der Waals surface area contributed by atoms with E-state index in [1.165, 1.54) is 6.08 Å². The van der Waals surface area contributed by atoms with Crippen molar-refractivity contribution in [2.24, 2.45) is 0 Å². The molecule has 7 heteroatoms. The van der Waals surface area contributed by atoms with Crippen LogP contribution in [0, 0.1) is 0 Å². The fraction of sp³-hybridized carbons (Fsp3) is 0.765. The Morgan fingerprint density at radius 2 is 1.33 bits per heavy atom. The van der Waals surface area contributed by atoms with Crippen LogP contribution in [0.2, 0.25) is 0 Å². The van der Waals surface area contributed by atoms with E-state index < -0.39 is 17.0 Å². The number of carbonyl (C=O) groups is 2. The zero-order chi connectivity index (χ0) is 18.8. The number of carbonyl (C=O) groups excluding carboxylic acids is 2. The van der Waals surface area contributed by atoms with Crippen LogP contribution in [0.5, 0.6) is 0 Å². The highest BCUT2D eigenvalue weighted by Gasteiger charge is 2.37. The summed E-state index contributed by atoms with van der Waals surface area (Å²) in [5.74, 6) is -1.93. The summed E-state index contributed by atoms with van der Waals surface area (Å²) >= 11 is 0. The molecule has 24 heavy (non-hydrogen) atoms. The van der Waals surface area contributed by atoms with Crippen molar-refractivity contribution >= 4 is 11.8 Å². The summed E-state index contributed by atoms with van der Waals surface area (Å²) in [6.07, 6.45) is 1.51. The van der Waals surface area contributed by atoms with Gasteiger partial charge in [-0.25, -0.2) is 9.78 Å². The molecule has 1 aliphatic heterocycles. The molecule has 0 aromatic carbocycles. The minimum Gasteiger partial charge on any atom is -0.275 e. The van der Waals surface area contributed by atoms with Crippen molar-refractivity contribution in [3.63, 3.8) is 0 Å². The van der Waals surface area contributed by atoms with E-state index in [9.17, 15) is 9.59 Å². The summed E-state index contributed by atoms with van der Waals surface area (Å²) in [4.78, 5) is 46.5. The normalized spacial score (nSPS) is 16.8. The van der Waals surface area contributed by atoms with Crippen LogP contribution < -0.4 is 0 Å². The molecule has 0 saturated carbocycles. The minimum atomic E-state index is -1.28. The van der Waals surface area contributed by atoms with E-state index in [1.807, 2.05) is 41.5 Å². The number of rotatable bonds is 7. The first kappa shape index (κ1) is 20.8. The van der Waals surface area contributed by atoms with Crippen LogP contribution in [0.25, 0.3) is 0 Å². The van der Waals surface area contributed by atoms with E-state index in [-0.39, 0.29) is 24.8 Å². The Morgan fingerprint density at radius 1 is 0.875 bits per heavy atom. The van der Waals surface area contributed by atoms with Crippen LogP contribution >= 0.6 is 0 Å². The van der Waals surface area contributed by atoms with Crippen molar-refractivity contribution in [3.8, 4) is 0 Å². The van der Waals surface area contributed by atoms with Crippen LogP contribution in [0.15, 0.2) is 11.6 Å². The van der Waals surface area contributed by atoms with E-state index in [0.29, 0.717) is 5.57 Å². The zero-order valence-corrected chi connectivity index (χ0v) is 15.9. The molecule has 0 aliphatic carbocycles. The largest absolute Gasteiger partial charge is 0.275 e. The highest BCUT2D eigenvalue weighted by Crippen LogP contribution is 2.26. The zero-order valence-electron chi connectivity index (χ0n) is 15.9. The Balaban J connectivity index is 2.74. The lowest BCUT2D eigenvalue weighted by Gasteiger charge is -2.33. The van der Waals surface area contributed by atoms with Gasteiger partial charge in [0.1, 0.15) is 0 Å². The fourth-order valence-electron chi connectivity index (χ4n) is 1.69. The first-order valence-electron chi connectivity index (χ1n) is 8.00. The highest BCUT2D eigenvalue weighted by atomic mass is 17.3. The highest BCUT2D eigenvalue weighted by molar-refractivity contribution is 6.15. The predicted octanol–water partition coefficient (Wildman–Crippen LogP) is 2.90. The van der Waals surface area contributed by atoms with Crippen LogP contribution in [0.3, 0.4) is 0 Å². The third-order valence-corrected chi connectivity index (χ3v) is 2.91. The van der Waals surface area contributed by atoms with Gasteiger partial charge in [-0.1, -0.05) is 0 Å². The number of amides is 2. The van der Waals surface area contributed by atoms with E-state index in [0.717, 1.165) is 4.90 Å². The molecule has 0 spiro atoms. The Kier molecular flexibility index (Phi) is 6.32. The third kappa shape index (κ3) is 6.68. The molecule has 0 N–H and O–H groups in total. The van der Waals surface area contributed by atoms with Gasteiger partial charge in [0.25, 0.3) is 11.8 Å².